The summed E-state index contributed by atoms with van der Waals surface area (Å²) >= 11 is 6.03. The van der Waals surface area contributed by atoms with Crippen LogP contribution in [0.5, 0.6) is 0 Å². The van der Waals surface area contributed by atoms with Crippen molar-refractivity contribution in [3.05, 3.63) is 70.2 Å². The van der Waals surface area contributed by atoms with Gasteiger partial charge in [0.2, 0.25) is 5.91 Å². The molecule has 138 valence electrons. The van der Waals surface area contributed by atoms with Crippen molar-refractivity contribution in [2.75, 3.05) is 32.7 Å². The van der Waals surface area contributed by atoms with E-state index in [2.05, 4.69) is 29.2 Å². The van der Waals surface area contributed by atoms with Crippen LogP contribution in [0.1, 0.15) is 16.7 Å². The second-order valence-electron chi connectivity index (χ2n) is 6.71. The predicted octanol–water partition coefficient (Wildman–Crippen LogP) is 2.76. The Morgan fingerprint density at radius 2 is 1.73 bits per heavy atom. The summed E-state index contributed by atoms with van der Waals surface area (Å²) < 4.78 is 0. The molecule has 1 fully saturated rings. The molecular weight excluding hydrogens is 348 g/mol. The van der Waals surface area contributed by atoms with Gasteiger partial charge in [-0.3, -0.25) is 9.69 Å². The van der Waals surface area contributed by atoms with Crippen molar-refractivity contribution in [2.45, 2.75) is 19.4 Å². The minimum atomic E-state index is -0.0763. The molecule has 0 unspecified atom stereocenters. The van der Waals surface area contributed by atoms with E-state index in [1.165, 1.54) is 5.56 Å². The Kier molecular flexibility index (Phi) is 6.67. The van der Waals surface area contributed by atoms with Gasteiger partial charge in [0.15, 0.2) is 0 Å². The van der Waals surface area contributed by atoms with Crippen LogP contribution in [0.3, 0.4) is 0 Å². The zero-order valence-electron chi connectivity index (χ0n) is 14.9. The number of carbonyl (C=O) groups excluding carboxylic acids is 1. The number of benzene rings is 2. The molecule has 0 spiro atoms. The molecule has 5 heteroatoms. The monoisotopic (exact) mass is 372 g/mol. The maximum Gasteiger partial charge on any atom is 0.227 e. The number of amides is 1. The molecule has 0 saturated carbocycles. The van der Waals surface area contributed by atoms with Crippen LogP contribution in [0.2, 0.25) is 5.02 Å². The van der Waals surface area contributed by atoms with Crippen molar-refractivity contribution in [3.63, 3.8) is 0 Å². The van der Waals surface area contributed by atoms with Crippen molar-refractivity contribution in [1.29, 1.82) is 0 Å². The standard InChI is InChI=1S/C21H25ClN2O2/c22-20-7-6-18(16-25)19(14-20)15-21(26)24-12-10-23(11-13-24)9-8-17-4-2-1-3-5-17/h1-7,14,25H,8-13,15-16H2. The largest absolute Gasteiger partial charge is 0.392 e. The molecule has 3 rings (SSSR count). The average molecular weight is 373 g/mol. The fraction of sp³-hybridized carbons (Fsp3) is 0.381. The first kappa shape index (κ1) is 18.9. The van der Waals surface area contributed by atoms with Gasteiger partial charge in [0.1, 0.15) is 0 Å². The third-order valence-corrected chi connectivity index (χ3v) is 5.20. The van der Waals surface area contributed by atoms with Crippen LogP contribution in [-0.4, -0.2) is 53.5 Å². The number of piperazine rings is 1. The molecule has 1 aliphatic rings. The maximum absolute atomic E-state index is 12.6. The van der Waals surface area contributed by atoms with Crippen LogP contribution in [0.25, 0.3) is 0 Å². The van der Waals surface area contributed by atoms with Gasteiger partial charge in [0, 0.05) is 37.7 Å². The Morgan fingerprint density at radius 3 is 2.42 bits per heavy atom. The number of hydrogen-bond donors (Lipinski definition) is 1. The van der Waals surface area contributed by atoms with E-state index in [0.717, 1.165) is 50.3 Å². The third kappa shape index (κ3) is 5.07. The highest BCUT2D eigenvalue weighted by atomic mass is 35.5. The van der Waals surface area contributed by atoms with Gasteiger partial charge in [-0.2, -0.15) is 0 Å². The lowest BCUT2D eigenvalue weighted by Crippen LogP contribution is -2.49. The molecule has 1 N–H and O–H groups in total. The molecule has 0 bridgehead atoms. The van der Waals surface area contributed by atoms with Crippen molar-refractivity contribution < 1.29 is 9.90 Å². The second-order valence-corrected chi connectivity index (χ2v) is 7.14. The molecule has 2 aromatic rings. The molecule has 0 aromatic heterocycles. The molecule has 1 amide bonds. The Morgan fingerprint density at radius 1 is 1.00 bits per heavy atom. The summed E-state index contributed by atoms with van der Waals surface area (Å²) in [6, 6.07) is 15.8. The first-order valence-corrected chi connectivity index (χ1v) is 9.45. The van der Waals surface area contributed by atoms with Gasteiger partial charge in [-0.15, -0.1) is 0 Å². The first-order valence-electron chi connectivity index (χ1n) is 9.08. The summed E-state index contributed by atoms with van der Waals surface area (Å²) in [5.41, 5.74) is 2.93. The van der Waals surface area contributed by atoms with Crippen molar-refractivity contribution in [1.82, 2.24) is 9.80 Å². The van der Waals surface area contributed by atoms with Crippen molar-refractivity contribution >= 4 is 17.5 Å². The van der Waals surface area contributed by atoms with Gasteiger partial charge >= 0.3 is 0 Å². The molecule has 26 heavy (non-hydrogen) atoms. The predicted molar refractivity (Wildman–Crippen MR) is 104 cm³/mol. The van der Waals surface area contributed by atoms with E-state index in [0.29, 0.717) is 11.4 Å². The summed E-state index contributed by atoms with van der Waals surface area (Å²) in [6.07, 6.45) is 1.33. The van der Waals surface area contributed by atoms with E-state index in [1.807, 2.05) is 11.0 Å². The molecule has 4 nitrogen and oxygen atoms in total. The fourth-order valence-electron chi connectivity index (χ4n) is 3.34. The van der Waals surface area contributed by atoms with E-state index in [4.69, 9.17) is 11.6 Å². The number of nitrogens with zero attached hydrogens (tertiary/aromatic N) is 2. The smallest absolute Gasteiger partial charge is 0.227 e. The Labute approximate surface area is 160 Å². The lowest BCUT2D eigenvalue weighted by molar-refractivity contribution is -0.132. The van der Waals surface area contributed by atoms with Gasteiger partial charge in [0.05, 0.1) is 13.0 Å². The average Bonchev–Trinajstić information content (AvgIpc) is 2.68. The van der Waals surface area contributed by atoms with Crippen molar-refractivity contribution in [2.24, 2.45) is 0 Å². The van der Waals surface area contributed by atoms with Crippen LogP contribution < -0.4 is 0 Å². The summed E-state index contributed by atoms with van der Waals surface area (Å²) in [5.74, 6) is 0.102. The Balaban J connectivity index is 1.48. The molecule has 1 aliphatic heterocycles. The van der Waals surface area contributed by atoms with Crippen LogP contribution in [0, 0.1) is 0 Å². The van der Waals surface area contributed by atoms with Crippen LogP contribution >= 0.6 is 11.6 Å². The second kappa shape index (κ2) is 9.17. The SMILES string of the molecule is O=C(Cc1cc(Cl)ccc1CO)N1CCN(CCc2ccccc2)CC1. The Bertz CT molecular complexity index is 728. The van der Waals surface area contributed by atoms with E-state index in [-0.39, 0.29) is 12.5 Å². The summed E-state index contributed by atoms with van der Waals surface area (Å²) in [6.45, 7) is 4.26. The molecule has 0 atom stereocenters. The minimum Gasteiger partial charge on any atom is -0.392 e. The van der Waals surface area contributed by atoms with Gasteiger partial charge in [-0.05, 0) is 35.2 Å². The maximum atomic E-state index is 12.6. The van der Waals surface area contributed by atoms with E-state index < -0.39 is 0 Å². The molecule has 1 saturated heterocycles. The van der Waals surface area contributed by atoms with Crippen molar-refractivity contribution in [3.8, 4) is 0 Å². The quantitative estimate of drug-likeness (QED) is 0.848. The molecular formula is C21H25ClN2O2. The lowest BCUT2D eigenvalue weighted by Gasteiger charge is -2.35. The van der Waals surface area contributed by atoms with Gasteiger partial charge < -0.3 is 10.0 Å². The summed E-state index contributed by atoms with van der Waals surface area (Å²) in [4.78, 5) is 16.9. The molecule has 0 radical (unpaired) electrons. The highest BCUT2D eigenvalue weighted by Crippen LogP contribution is 2.18. The number of rotatable bonds is 6. The Hall–Kier alpha value is -1.88. The first-order chi connectivity index (χ1) is 12.7. The molecule has 1 heterocycles. The van der Waals surface area contributed by atoms with Gasteiger partial charge in [-0.1, -0.05) is 48.0 Å². The van der Waals surface area contributed by atoms with E-state index in [9.17, 15) is 9.90 Å². The van der Waals surface area contributed by atoms with Crippen LogP contribution in [0.4, 0.5) is 0 Å². The molecule has 2 aromatic carbocycles. The zero-order valence-corrected chi connectivity index (χ0v) is 15.7. The number of aliphatic hydroxyl groups excluding tert-OH is 1. The van der Waals surface area contributed by atoms with E-state index >= 15 is 0 Å². The fourth-order valence-corrected chi connectivity index (χ4v) is 3.54. The lowest BCUT2D eigenvalue weighted by atomic mass is 10.0. The number of hydrogen-bond acceptors (Lipinski definition) is 3. The minimum absolute atomic E-state index is 0.0763. The topological polar surface area (TPSA) is 43.8 Å². The number of carbonyl (C=O) groups is 1. The third-order valence-electron chi connectivity index (χ3n) is 4.96. The number of aliphatic hydroxyl groups is 1. The normalized spacial score (nSPS) is 15.2. The highest BCUT2D eigenvalue weighted by molar-refractivity contribution is 6.30. The van der Waals surface area contributed by atoms with E-state index in [1.54, 1.807) is 18.2 Å². The molecule has 0 aliphatic carbocycles. The summed E-state index contributed by atoms with van der Waals surface area (Å²) in [7, 11) is 0. The van der Waals surface area contributed by atoms with Gasteiger partial charge in [0.25, 0.3) is 0 Å². The zero-order chi connectivity index (χ0) is 18.4. The van der Waals surface area contributed by atoms with Gasteiger partial charge in [-0.25, -0.2) is 0 Å². The van der Waals surface area contributed by atoms with Crippen LogP contribution in [-0.2, 0) is 24.2 Å². The number of halogens is 1. The summed E-state index contributed by atoms with van der Waals surface area (Å²) in [5, 5.41) is 10.0. The highest BCUT2D eigenvalue weighted by Gasteiger charge is 2.21. The van der Waals surface area contributed by atoms with Crippen LogP contribution in [0.15, 0.2) is 48.5 Å².